The van der Waals surface area contributed by atoms with Gasteiger partial charge in [0.05, 0.1) is 24.6 Å². The molecule has 3 rings (SSSR count). The van der Waals surface area contributed by atoms with Gasteiger partial charge in [0, 0.05) is 12.3 Å². The van der Waals surface area contributed by atoms with E-state index in [1.54, 1.807) is 6.26 Å². The van der Waals surface area contributed by atoms with Gasteiger partial charge in [0.2, 0.25) is 0 Å². The van der Waals surface area contributed by atoms with Gasteiger partial charge in [0.15, 0.2) is 12.5 Å². The summed E-state index contributed by atoms with van der Waals surface area (Å²) in [6, 6.07) is 1.07. The van der Waals surface area contributed by atoms with Crippen molar-refractivity contribution in [3.63, 3.8) is 0 Å². The SMILES string of the molecule is CS[C@@H]1[C@H](O)[C@@H](COP(O)(=S)OP(=O)(O)OC2OC([C@@H](O)CO)C(O)C(O)C2O)O[C@H]1n1ccc(=O)[nH]c1=O. The van der Waals surface area contributed by atoms with Crippen LogP contribution in [-0.4, -0.2) is 124 Å². The average molecular weight is 642 g/mol. The van der Waals surface area contributed by atoms with Crippen LogP contribution >= 0.6 is 26.3 Å². The Labute approximate surface area is 228 Å². The number of aromatic amines is 1. The summed E-state index contributed by atoms with van der Waals surface area (Å²) in [5.41, 5.74) is -1.46. The number of hydrogen-bond donors (Lipinski definition) is 9. The molecule has 0 aliphatic carbocycles. The zero-order valence-corrected chi connectivity index (χ0v) is 23.3. The van der Waals surface area contributed by atoms with Gasteiger partial charge in [-0.05, 0) is 18.1 Å². The molecule has 0 amide bonds. The van der Waals surface area contributed by atoms with Gasteiger partial charge >= 0.3 is 20.2 Å². The van der Waals surface area contributed by atoms with E-state index in [0.29, 0.717) is 0 Å². The predicted octanol–water partition coefficient (Wildman–Crippen LogP) is -3.95. The largest absolute Gasteiger partial charge is 0.481 e. The highest BCUT2D eigenvalue weighted by Gasteiger charge is 2.50. The molecule has 0 bridgehead atoms. The van der Waals surface area contributed by atoms with Crippen molar-refractivity contribution in [2.75, 3.05) is 19.5 Å². The second-order valence-electron chi connectivity index (χ2n) is 8.38. The molecule has 18 nitrogen and oxygen atoms in total. The zero-order valence-electron chi connectivity index (χ0n) is 19.8. The van der Waals surface area contributed by atoms with Crippen molar-refractivity contribution in [2.24, 2.45) is 0 Å². The van der Waals surface area contributed by atoms with Crippen LogP contribution in [0.25, 0.3) is 0 Å². The molecule has 2 fully saturated rings. The number of H-pyrrole nitrogens is 1. The van der Waals surface area contributed by atoms with Crippen LogP contribution in [-0.2, 0) is 39.2 Å². The number of ether oxygens (including phenoxy) is 2. The maximum absolute atomic E-state index is 12.5. The molecular weight excluding hydrogens is 614 g/mol. The fourth-order valence-electron chi connectivity index (χ4n) is 3.82. The molecule has 2 saturated heterocycles. The number of phosphoric ester groups is 1. The summed E-state index contributed by atoms with van der Waals surface area (Å²) in [5, 5.41) is 58.5. The highest BCUT2D eigenvalue weighted by Crippen LogP contribution is 2.61. The molecule has 0 radical (unpaired) electrons. The predicted molar refractivity (Wildman–Crippen MR) is 133 cm³/mol. The first-order valence-electron chi connectivity index (χ1n) is 11.0. The molecule has 0 aromatic carbocycles. The van der Waals surface area contributed by atoms with Crippen LogP contribution in [0.2, 0.25) is 0 Å². The third-order valence-corrected chi connectivity index (χ3v) is 10.3. The Balaban J connectivity index is 1.65. The fourth-order valence-corrected chi connectivity index (χ4v) is 7.80. The number of rotatable bonds is 11. The minimum absolute atomic E-state index is 0.652. The third-order valence-electron chi connectivity index (χ3n) is 5.73. The van der Waals surface area contributed by atoms with Crippen LogP contribution in [0.4, 0.5) is 0 Å². The van der Waals surface area contributed by atoms with Crippen molar-refractivity contribution in [2.45, 2.75) is 60.5 Å². The van der Waals surface area contributed by atoms with E-state index in [2.05, 4.69) is 8.83 Å². The number of aromatic nitrogens is 2. The summed E-state index contributed by atoms with van der Waals surface area (Å²) >= 11 is 5.83. The summed E-state index contributed by atoms with van der Waals surface area (Å²) in [6.07, 6.45) is -12.7. The summed E-state index contributed by atoms with van der Waals surface area (Å²) in [7, 11) is -5.44. The Morgan fingerprint density at radius 3 is 2.41 bits per heavy atom. The molecular formula is C17H28N2O16P2S2. The normalized spacial score (nSPS) is 37.2. The van der Waals surface area contributed by atoms with Crippen LogP contribution in [0.15, 0.2) is 21.9 Å². The smallest absolute Gasteiger partial charge is 0.394 e. The lowest BCUT2D eigenvalue weighted by atomic mass is 9.96. The minimum Gasteiger partial charge on any atom is -0.394 e. The highest BCUT2D eigenvalue weighted by atomic mass is 32.5. The number of aliphatic hydroxyl groups excluding tert-OH is 6. The zero-order chi connectivity index (χ0) is 29.3. The van der Waals surface area contributed by atoms with Crippen LogP contribution in [0.5, 0.6) is 0 Å². The van der Waals surface area contributed by atoms with Gasteiger partial charge in [0.1, 0.15) is 36.6 Å². The van der Waals surface area contributed by atoms with Gasteiger partial charge in [-0.25, -0.2) is 13.7 Å². The summed E-state index contributed by atoms with van der Waals surface area (Å²) in [5.74, 6) is 0. The molecule has 1 aromatic rings. The first kappa shape index (κ1) is 32.9. The van der Waals surface area contributed by atoms with Gasteiger partial charge in [-0.15, -0.1) is 0 Å². The quantitative estimate of drug-likeness (QED) is 0.104. The third kappa shape index (κ3) is 7.82. The minimum atomic E-state index is -5.44. The molecule has 3 heterocycles. The Morgan fingerprint density at radius 1 is 1.15 bits per heavy atom. The maximum Gasteiger partial charge on any atom is 0.481 e. The van der Waals surface area contributed by atoms with E-state index < -0.39 is 99.5 Å². The summed E-state index contributed by atoms with van der Waals surface area (Å²) < 4.78 is 38.3. The lowest BCUT2D eigenvalue weighted by molar-refractivity contribution is -0.292. The number of nitrogens with one attached hydrogen (secondary N) is 1. The second-order valence-corrected chi connectivity index (χ2v) is 13.8. The Bertz CT molecular complexity index is 1200. The summed E-state index contributed by atoms with van der Waals surface area (Å²) in [6.45, 7) is -6.28. The molecule has 22 heteroatoms. The van der Waals surface area contributed by atoms with E-state index in [4.69, 9.17) is 30.9 Å². The molecule has 39 heavy (non-hydrogen) atoms. The van der Waals surface area contributed by atoms with Gasteiger partial charge in [0.25, 0.3) is 5.56 Å². The van der Waals surface area contributed by atoms with Crippen LogP contribution in [0.3, 0.4) is 0 Å². The number of nitrogens with zero attached hydrogens (tertiary/aromatic N) is 1. The lowest BCUT2D eigenvalue weighted by Gasteiger charge is -2.41. The molecule has 1 aromatic heterocycles. The molecule has 0 saturated carbocycles. The van der Waals surface area contributed by atoms with Gasteiger partial charge < -0.3 is 54.4 Å². The molecule has 12 atom stereocenters. The van der Waals surface area contributed by atoms with Crippen LogP contribution < -0.4 is 11.2 Å². The Morgan fingerprint density at radius 2 is 1.82 bits per heavy atom. The first-order valence-corrected chi connectivity index (χ1v) is 16.3. The number of hydrogen-bond acceptors (Lipinski definition) is 16. The molecule has 9 N–H and O–H groups in total. The number of thioether (sulfide) groups is 1. The van der Waals surface area contributed by atoms with E-state index in [9.17, 15) is 49.5 Å². The van der Waals surface area contributed by atoms with Crippen molar-refractivity contribution in [1.29, 1.82) is 0 Å². The fraction of sp³-hybridized carbons (Fsp3) is 0.765. The molecule has 2 aliphatic rings. The van der Waals surface area contributed by atoms with E-state index in [1.165, 1.54) is 0 Å². The standard InChI is InChI=1S/C17H28N2O16P2S2/c1-39-14-9(23)7(32-15(14)19-3-2-8(22)18-17(19)27)5-31-37(30,38)35-36(28,29)34-16-12(26)10(24)11(25)13(33-16)6(21)4-20/h2-3,6-7,9-16,20-21,23-26H,4-5H2,1H3,(H,28,29)(H,30,38)(H,18,22,27)/t6-,7+,9+,10?,11?,12?,13?,14+,15+,16?,37?/m0/s1. The van der Waals surface area contributed by atoms with E-state index in [1.807, 2.05) is 4.98 Å². The van der Waals surface area contributed by atoms with Crippen molar-refractivity contribution < 1.29 is 67.8 Å². The summed E-state index contributed by atoms with van der Waals surface area (Å²) in [4.78, 5) is 45.9. The topological polar surface area (TPSA) is 280 Å². The van der Waals surface area contributed by atoms with Gasteiger partial charge in [-0.2, -0.15) is 11.8 Å². The average Bonchev–Trinajstić information content (AvgIpc) is 3.16. The van der Waals surface area contributed by atoms with Crippen molar-refractivity contribution in [3.8, 4) is 0 Å². The van der Waals surface area contributed by atoms with Crippen molar-refractivity contribution in [1.82, 2.24) is 9.55 Å². The van der Waals surface area contributed by atoms with Crippen molar-refractivity contribution >= 4 is 38.1 Å². The number of phosphoric acid groups is 1. The van der Waals surface area contributed by atoms with Gasteiger partial charge in [-0.3, -0.25) is 18.9 Å². The Hall–Kier alpha value is -0.610. The van der Waals surface area contributed by atoms with Crippen molar-refractivity contribution in [3.05, 3.63) is 33.1 Å². The Kier molecular flexibility index (Phi) is 11.1. The van der Waals surface area contributed by atoms with E-state index in [0.717, 1.165) is 28.6 Å². The maximum atomic E-state index is 12.5. The van der Waals surface area contributed by atoms with Crippen LogP contribution in [0, 0.1) is 0 Å². The molecule has 0 spiro atoms. The van der Waals surface area contributed by atoms with Gasteiger partial charge in [-0.1, -0.05) is 0 Å². The second kappa shape index (κ2) is 13.1. The molecule has 2 aliphatic heterocycles. The monoisotopic (exact) mass is 642 g/mol. The first-order chi connectivity index (χ1) is 18.1. The molecule has 7 unspecified atom stereocenters. The molecule has 224 valence electrons. The van der Waals surface area contributed by atoms with E-state index in [-0.39, 0.29) is 0 Å². The lowest BCUT2D eigenvalue weighted by Crippen LogP contribution is -2.61. The number of aliphatic hydroxyl groups is 6. The van der Waals surface area contributed by atoms with E-state index >= 15 is 0 Å². The van der Waals surface area contributed by atoms with Crippen LogP contribution in [0.1, 0.15) is 6.23 Å². The highest BCUT2D eigenvalue weighted by molar-refractivity contribution is 8.08.